The topological polar surface area (TPSA) is 66.3 Å². The minimum absolute atomic E-state index is 0.170. The fraction of sp³-hybridized carbons (Fsp3) is 0.500. The molecule has 1 rings (SSSR count). The summed E-state index contributed by atoms with van der Waals surface area (Å²) in [6.45, 7) is 2.54. The third kappa shape index (κ3) is 3.28. The highest BCUT2D eigenvalue weighted by atomic mass is 16.4. The molecule has 0 saturated heterocycles. The van der Waals surface area contributed by atoms with E-state index >= 15 is 0 Å². The van der Waals surface area contributed by atoms with E-state index in [-0.39, 0.29) is 5.56 Å². The van der Waals surface area contributed by atoms with Gasteiger partial charge in [-0.05, 0) is 21.0 Å². The molecule has 1 heterocycles. The molecule has 0 saturated carbocycles. The first-order valence-electron chi connectivity index (χ1n) is 4.71. The van der Waals surface area contributed by atoms with Gasteiger partial charge in [-0.2, -0.15) is 0 Å². The Labute approximate surface area is 88.8 Å². The zero-order valence-corrected chi connectivity index (χ0v) is 9.19. The Kier molecular flexibility index (Phi) is 3.74. The van der Waals surface area contributed by atoms with Crippen molar-refractivity contribution < 1.29 is 9.90 Å². The van der Waals surface area contributed by atoms with E-state index in [0.717, 1.165) is 13.0 Å². The maximum Gasteiger partial charge on any atom is 0.339 e. The van der Waals surface area contributed by atoms with Crippen molar-refractivity contribution in [1.29, 1.82) is 0 Å². The van der Waals surface area contributed by atoms with Crippen molar-refractivity contribution in [2.75, 3.05) is 20.6 Å². The fourth-order valence-corrected chi connectivity index (χ4v) is 1.17. The van der Waals surface area contributed by atoms with Crippen LogP contribution in [0.3, 0.4) is 0 Å². The molecule has 0 unspecified atom stereocenters. The predicted molar refractivity (Wildman–Crippen MR) is 56.0 cm³/mol. The zero-order chi connectivity index (χ0) is 11.4. The van der Waals surface area contributed by atoms with Gasteiger partial charge >= 0.3 is 5.97 Å². The van der Waals surface area contributed by atoms with Gasteiger partial charge in [0.25, 0.3) is 0 Å². The number of hydrogen-bond acceptors (Lipinski definition) is 4. The summed E-state index contributed by atoms with van der Waals surface area (Å²) in [6.07, 6.45) is 2.10. The van der Waals surface area contributed by atoms with Crippen LogP contribution in [0.4, 0.5) is 0 Å². The molecule has 0 aliphatic heterocycles. The second-order valence-electron chi connectivity index (χ2n) is 3.64. The van der Waals surface area contributed by atoms with Gasteiger partial charge in [0, 0.05) is 19.2 Å². The van der Waals surface area contributed by atoms with Crippen LogP contribution < -0.4 is 0 Å². The Hall–Kier alpha value is -1.49. The van der Waals surface area contributed by atoms with E-state index in [1.165, 1.54) is 6.20 Å². The van der Waals surface area contributed by atoms with Gasteiger partial charge in [0.1, 0.15) is 5.82 Å². The molecule has 15 heavy (non-hydrogen) atoms. The fourth-order valence-electron chi connectivity index (χ4n) is 1.17. The molecule has 0 aliphatic rings. The SMILES string of the molecule is Cc1nc(CCN(C)C)ncc1C(=O)O. The summed E-state index contributed by atoms with van der Waals surface area (Å²) >= 11 is 0. The van der Waals surface area contributed by atoms with E-state index in [9.17, 15) is 4.79 Å². The molecule has 1 N–H and O–H groups in total. The summed E-state index contributed by atoms with van der Waals surface area (Å²) in [5, 5.41) is 8.79. The smallest absolute Gasteiger partial charge is 0.339 e. The van der Waals surface area contributed by atoms with Crippen molar-refractivity contribution in [2.45, 2.75) is 13.3 Å². The van der Waals surface area contributed by atoms with Crippen LogP contribution >= 0.6 is 0 Å². The molecular weight excluding hydrogens is 194 g/mol. The van der Waals surface area contributed by atoms with Crippen LogP contribution in [0.2, 0.25) is 0 Å². The van der Waals surface area contributed by atoms with Crippen molar-refractivity contribution in [3.05, 3.63) is 23.3 Å². The number of aromatic nitrogens is 2. The predicted octanol–water partition coefficient (Wildman–Crippen LogP) is 0.587. The second kappa shape index (κ2) is 4.84. The number of likely N-dealkylation sites (N-methyl/N-ethyl adjacent to an activating group) is 1. The van der Waals surface area contributed by atoms with Crippen LogP contribution in [0.15, 0.2) is 6.20 Å². The average molecular weight is 209 g/mol. The number of hydrogen-bond donors (Lipinski definition) is 1. The number of carbonyl (C=O) groups is 1. The average Bonchev–Trinajstić information content (AvgIpc) is 2.14. The molecular formula is C10H15N3O2. The number of carboxylic acid groups (broad SMARTS) is 1. The van der Waals surface area contributed by atoms with Crippen LogP contribution in [0.5, 0.6) is 0 Å². The summed E-state index contributed by atoms with van der Waals surface area (Å²) in [6, 6.07) is 0. The minimum atomic E-state index is -0.980. The van der Waals surface area contributed by atoms with Gasteiger partial charge in [-0.25, -0.2) is 14.8 Å². The van der Waals surface area contributed by atoms with Crippen molar-refractivity contribution in [2.24, 2.45) is 0 Å². The number of aromatic carboxylic acids is 1. The number of rotatable bonds is 4. The Morgan fingerprint density at radius 2 is 2.20 bits per heavy atom. The maximum absolute atomic E-state index is 10.7. The summed E-state index contributed by atoms with van der Waals surface area (Å²) < 4.78 is 0. The Morgan fingerprint density at radius 3 is 2.67 bits per heavy atom. The first-order chi connectivity index (χ1) is 7.00. The molecule has 0 aromatic carbocycles. The van der Waals surface area contributed by atoms with E-state index in [1.807, 2.05) is 19.0 Å². The molecule has 0 fully saturated rings. The molecule has 82 valence electrons. The highest BCUT2D eigenvalue weighted by Crippen LogP contribution is 2.04. The molecule has 0 aliphatic carbocycles. The normalized spacial score (nSPS) is 10.7. The van der Waals surface area contributed by atoms with Crippen molar-refractivity contribution in [3.63, 3.8) is 0 Å². The van der Waals surface area contributed by atoms with Gasteiger partial charge in [-0.1, -0.05) is 0 Å². The molecule has 0 amide bonds. The first-order valence-corrected chi connectivity index (χ1v) is 4.71. The Balaban J connectivity index is 2.78. The van der Waals surface area contributed by atoms with E-state index in [2.05, 4.69) is 9.97 Å². The zero-order valence-electron chi connectivity index (χ0n) is 9.19. The molecule has 1 aromatic rings. The Bertz CT molecular complexity index is 364. The standard InChI is InChI=1S/C10H15N3O2/c1-7-8(10(14)15)6-11-9(12-7)4-5-13(2)3/h6H,4-5H2,1-3H3,(H,14,15). The lowest BCUT2D eigenvalue weighted by Crippen LogP contribution is -2.17. The third-order valence-corrected chi connectivity index (χ3v) is 2.04. The number of aryl methyl sites for hydroxylation is 1. The summed E-state index contributed by atoms with van der Waals surface area (Å²) in [5.74, 6) is -0.294. The van der Waals surface area contributed by atoms with Gasteiger partial charge in [0.05, 0.1) is 11.3 Å². The monoisotopic (exact) mass is 209 g/mol. The largest absolute Gasteiger partial charge is 0.478 e. The van der Waals surface area contributed by atoms with Crippen molar-refractivity contribution >= 4 is 5.97 Å². The summed E-state index contributed by atoms with van der Waals surface area (Å²) in [4.78, 5) is 20.9. The first kappa shape index (κ1) is 11.6. The molecule has 0 bridgehead atoms. The van der Waals surface area contributed by atoms with Gasteiger partial charge in [0.2, 0.25) is 0 Å². The van der Waals surface area contributed by atoms with Gasteiger partial charge in [-0.15, -0.1) is 0 Å². The van der Waals surface area contributed by atoms with Crippen LogP contribution in [0.1, 0.15) is 21.9 Å². The maximum atomic E-state index is 10.7. The van der Waals surface area contributed by atoms with E-state index < -0.39 is 5.97 Å². The van der Waals surface area contributed by atoms with E-state index in [1.54, 1.807) is 6.92 Å². The highest BCUT2D eigenvalue weighted by molar-refractivity contribution is 5.88. The summed E-state index contributed by atoms with van der Waals surface area (Å²) in [7, 11) is 3.94. The molecule has 0 spiro atoms. The quantitative estimate of drug-likeness (QED) is 0.786. The van der Waals surface area contributed by atoms with Gasteiger partial charge in [0.15, 0.2) is 0 Å². The highest BCUT2D eigenvalue weighted by Gasteiger charge is 2.09. The lowest BCUT2D eigenvalue weighted by Gasteiger charge is -2.08. The van der Waals surface area contributed by atoms with E-state index in [0.29, 0.717) is 11.5 Å². The van der Waals surface area contributed by atoms with Gasteiger partial charge < -0.3 is 10.0 Å². The lowest BCUT2D eigenvalue weighted by atomic mass is 10.2. The lowest BCUT2D eigenvalue weighted by molar-refractivity contribution is 0.0695. The third-order valence-electron chi connectivity index (χ3n) is 2.04. The minimum Gasteiger partial charge on any atom is -0.478 e. The number of nitrogens with zero attached hydrogens (tertiary/aromatic N) is 3. The molecule has 1 aromatic heterocycles. The van der Waals surface area contributed by atoms with Crippen LogP contribution in [-0.2, 0) is 6.42 Å². The van der Waals surface area contributed by atoms with E-state index in [4.69, 9.17) is 5.11 Å². The van der Waals surface area contributed by atoms with Crippen molar-refractivity contribution in [3.8, 4) is 0 Å². The molecule has 0 radical (unpaired) electrons. The molecule has 5 nitrogen and oxygen atoms in total. The summed E-state index contributed by atoms with van der Waals surface area (Å²) in [5.41, 5.74) is 0.690. The number of carboxylic acids is 1. The molecule has 5 heteroatoms. The van der Waals surface area contributed by atoms with Crippen molar-refractivity contribution in [1.82, 2.24) is 14.9 Å². The van der Waals surface area contributed by atoms with Gasteiger partial charge in [-0.3, -0.25) is 0 Å². The van der Waals surface area contributed by atoms with Crippen LogP contribution in [0.25, 0.3) is 0 Å². The Morgan fingerprint density at radius 1 is 1.53 bits per heavy atom. The molecule has 0 atom stereocenters. The van der Waals surface area contributed by atoms with Crippen LogP contribution in [-0.4, -0.2) is 46.6 Å². The van der Waals surface area contributed by atoms with Crippen LogP contribution in [0, 0.1) is 6.92 Å². The second-order valence-corrected chi connectivity index (χ2v) is 3.64.